The topological polar surface area (TPSA) is 51.3 Å². The molecule has 0 spiro atoms. The summed E-state index contributed by atoms with van der Waals surface area (Å²) in [6.07, 6.45) is 9.73. The second-order valence-electron chi connectivity index (χ2n) is 7.71. The molecule has 1 aliphatic carbocycles. The van der Waals surface area contributed by atoms with Crippen LogP contribution in [0.3, 0.4) is 0 Å². The van der Waals surface area contributed by atoms with E-state index in [1.54, 1.807) is 6.26 Å². The van der Waals surface area contributed by atoms with Crippen molar-refractivity contribution in [2.24, 2.45) is 5.92 Å². The molecule has 1 amide bonds. The first kappa shape index (κ1) is 18.5. The van der Waals surface area contributed by atoms with Gasteiger partial charge in [-0.15, -0.1) is 0 Å². The number of rotatable bonds is 7. The van der Waals surface area contributed by atoms with E-state index in [9.17, 15) is 4.79 Å². The molecule has 0 aliphatic heterocycles. The average molecular weight is 377 g/mol. The Morgan fingerprint density at radius 3 is 2.68 bits per heavy atom. The summed E-state index contributed by atoms with van der Waals surface area (Å²) in [5.41, 5.74) is 2.48. The van der Waals surface area contributed by atoms with E-state index in [2.05, 4.69) is 40.7 Å². The number of hydrogen-bond acceptors (Lipinski definition) is 3. The highest BCUT2D eigenvalue weighted by Gasteiger charge is 2.28. The van der Waals surface area contributed by atoms with Gasteiger partial charge in [-0.1, -0.05) is 42.7 Å². The van der Waals surface area contributed by atoms with Gasteiger partial charge in [0.2, 0.25) is 5.91 Å². The van der Waals surface area contributed by atoms with Gasteiger partial charge in [0.1, 0.15) is 11.6 Å². The standard InChI is InChI=1S/C23H27N3O2/c1-18-8-10-19(11-9-18)15-25-13-12-24-22(25)17-26(16-21-7-4-14-28-21)23(27)20-5-2-3-6-20/h4,7-14,20H,2-3,5-6,15-17H2,1H3. The van der Waals surface area contributed by atoms with Gasteiger partial charge in [-0.3, -0.25) is 4.79 Å². The predicted octanol–water partition coefficient (Wildman–Crippen LogP) is 4.55. The lowest BCUT2D eigenvalue weighted by Gasteiger charge is -2.25. The number of aromatic nitrogens is 2. The minimum Gasteiger partial charge on any atom is -0.467 e. The number of carbonyl (C=O) groups excluding carboxylic acids is 1. The van der Waals surface area contributed by atoms with E-state index in [4.69, 9.17) is 4.42 Å². The average Bonchev–Trinajstić information content (AvgIpc) is 3.46. The Kier molecular flexibility index (Phi) is 5.60. The van der Waals surface area contributed by atoms with Crippen molar-refractivity contribution in [3.63, 3.8) is 0 Å². The van der Waals surface area contributed by atoms with Gasteiger partial charge >= 0.3 is 0 Å². The number of nitrogens with zero attached hydrogens (tertiary/aromatic N) is 3. The van der Waals surface area contributed by atoms with Crippen molar-refractivity contribution in [2.75, 3.05) is 0 Å². The molecule has 0 radical (unpaired) electrons. The van der Waals surface area contributed by atoms with Gasteiger partial charge in [0, 0.05) is 24.9 Å². The van der Waals surface area contributed by atoms with Crippen LogP contribution in [-0.4, -0.2) is 20.4 Å². The molecule has 2 aromatic heterocycles. The normalized spacial score (nSPS) is 14.5. The summed E-state index contributed by atoms with van der Waals surface area (Å²) in [5.74, 6) is 2.07. The fraction of sp³-hybridized carbons (Fsp3) is 0.391. The van der Waals surface area contributed by atoms with Crippen LogP contribution in [0.5, 0.6) is 0 Å². The van der Waals surface area contributed by atoms with Crippen molar-refractivity contribution in [3.8, 4) is 0 Å². The predicted molar refractivity (Wildman–Crippen MR) is 107 cm³/mol. The Bertz CT molecular complexity index is 890. The van der Waals surface area contributed by atoms with Gasteiger partial charge in [0.15, 0.2) is 0 Å². The summed E-state index contributed by atoms with van der Waals surface area (Å²) in [6, 6.07) is 12.3. The highest BCUT2D eigenvalue weighted by Crippen LogP contribution is 2.28. The summed E-state index contributed by atoms with van der Waals surface area (Å²) in [4.78, 5) is 19.6. The van der Waals surface area contributed by atoms with Gasteiger partial charge in [-0.2, -0.15) is 0 Å². The first-order valence-corrected chi connectivity index (χ1v) is 10.1. The number of furan rings is 1. The van der Waals surface area contributed by atoms with Crippen molar-refractivity contribution in [3.05, 3.63) is 77.8 Å². The third-order valence-corrected chi connectivity index (χ3v) is 5.55. The molecule has 0 N–H and O–H groups in total. The summed E-state index contributed by atoms with van der Waals surface area (Å²) in [5, 5.41) is 0. The van der Waals surface area contributed by atoms with Crippen LogP contribution in [0.25, 0.3) is 0 Å². The lowest BCUT2D eigenvalue weighted by Crippen LogP contribution is -2.35. The van der Waals surface area contributed by atoms with Crippen LogP contribution in [0.4, 0.5) is 0 Å². The van der Waals surface area contributed by atoms with E-state index in [1.165, 1.54) is 11.1 Å². The van der Waals surface area contributed by atoms with E-state index >= 15 is 0 Å². The first-order chi connectivity index (χ1) is 13.7. The molecule has 146 valence electrons. The third-order valence-electron chi connectivity index (χ3n) is 5.55. The first-order valence-electron chi connectivity index (χ1n) is 10.1. The number of hydrogen-bond donors (Lipinski definition) is 0. The molecule has 1 aromatic carbocycles. The van der Waals surface area contributed by atoms with E-state index in [1.807, 2.05) is 29.4 Å². The lowest BCUT2D eigenvalue weighted by molar-refractivity contribution is -0.137. The molecule has 4 rings (SSSR count). The van der Waals surface area contributed by atoms with Crippen LogP contribution in [0.1, 0.15) is 48.4 Å². The molecule has 3 aromatic rings. The lowest BCUT2D eigenvalue weighted by atomic mass is 10.1. The van der Waals surface area contributed by atoms with Crippen LogP contribution < -0.4 is 0 Å². The minimum absolute atomic E-state index is 0.135. The molecule has 0 atom stereocenters. The quantitative estimate of drug-likeness (QED) is 0.607. The largest absolute Gasteiger partial charge is 0.467 e. The molecule has 1 aliphatic rings. The second kappa shape index (κ2) is 8.46. The van der Waals surface area contributed by atoms with Gasteiger partial charge in [0.05, 0.1) is 19.4 Å². The second-order valence-corrected chi connectivity index (χ2v) is 7.71. The van der Waals surface area contributed by atoms with E-state index in [0.717, 1.165) is 43.8 Å². The monoisotopic (exact) mass is 377 g/mol. The number of carbonyl (C=O) groups is 1. The summed E-state index contributed by atoms with van der Waals surface area (Å²) >= 11 is 0. The van der Waals surface area contributed by atoms with Crippen LogP contribution in [-0.2, 0) is 24.4 Å². The zero-order valence-corrected chi connectivity index (χ0v) is 16.4. The van der Waals surface area contributed by atoms with Crippen molar-refractivity contribution >= 4 is 5.91 Å². The van der Waals surface area contributed by atoms with Gasteiger partial charge in [0.25, 0.3) is 0 Å². The SMILES string of the molecule is Cc1ccc(Cn2ccnc2CN(Cc2ccco2)C(=O)C2CCCC2)cc1. The van der Waals surface area contributed by atoms with Crippen molar-refractivity contribution in [1.82, 2.24) is 14.5 Å². The Hall–Kier alpha value is -2.82. The third kappa shape index (κ3) is 4.35. The molecule has 1 saturated carbocycles. The molecular weight excluding hydrogens is 350 g/mol. The molecular formula is C23H27N3O2. The smallest absolute Gasteiger partial charge is 0.226 e. The minimum atomic E-state index is 0.135. The molecule has 1 fully saturated rings. The molecule has 2 heterocycles. The van der Waals surface area contributed by atoms with E-state index in [0.29, 0.717) is 13.1 Å². The summed E-state index contributed by atoms with van der Waals surface area (Å²) in [6.45, 7) is 3.82. The van der Waals surface area contributed by atoms with Crippen molar-refractivity contribution < 1.29 is 9.21 Å². The van der Waals surface area contributed by atoms with Gasteiger partial charge < -0.3 is 13.9 Å². The zero-order valence-electron chi connectivity index (χ0n) is 16.4. The summed E-state index contributed by atoms with van der Waals surface area (Å²) in [7, 11) is 0. The Labute approximate surface area is 166 Å². The van der Waals surface area contributed by atoms with E-state index < -0.39 is 0 Å². The molecule has 0 saturated heterocycles. The fourth-order valence-corrected chi connectivity index (χ4v) is 3.93. The molecule has 5 nitrogen and oxygen atoms in total. The number of aryl methyl sites for hydroxylation is 1. The maximum atomic E-state index is 13.2. The number of amides is 1. The molecule has 0 unspecified atom stereocenters. The Balaban J connectivity index is 1.52. The molecule has 0 bridgehead atoms. The maximum absolute atomic E-state index is 13.2. The van der Waals surface area contributed by atoms with Crippen LogP contribution in [0.15, 0.2) is 59.5 Å². The van der Waals surface area contributed by atoms with Crippen LogP contribution in [0.2, 0.25) is 0 Å². The van der Waals surface area contributed by atoms with Crippen molar-refractivity contribution in [2.45, 2.75) is 52.2 Å². The zero-order chi connectivity index (χ0) is 19.3. The Morgan fingerprint density at radius 2 is 1.96 bits per heavy atom. The molecule has 5 heteroatoms. The van der Waals surface area contributed by atoms with Crippen LogP contribution >= 0.6 is 0 Å². The highest BCUT2D eigenvalue weighted by molar-refractivity contribution is 5.79. The highest BCUT2D eigenvalue weighted by atomic mass is 16.3. The summed E-state index contributed by atoms with van der Waals surface area (Å²) < 4.78 is 7.64. The number of benzene rings is 1. The maximum Gasteiger partial charge on any atom is 0.226 e. The van der Waals surface area contributed by atoms with Crippen molar-refractivity contribution in [1.29, 1.82) is 0 Å². The van der Waals surface area contributed by atoms with Crippen LogP contribution in [0, 0.1) is 12.8 Å². The Morgan fingerprint density at radius 1 is 1.18 bits per heavy atom. The van der Waals surface area contributed by atoms with E-state index in [-0.39, 0.29) is 11.8 Å². The van der Waals surface area contributed by atoms with Gasteiger partial charge in [-0.05, 0) is 37.5 Å². The molecule has 28 heavy (non-hydrogen) atoms. The fourth-order valence-electron chi connectivity index (χ4n) is 3.93. The van der Waals surface area contributed by atoms with Gasteiger partial charge in [-0.25, -0.2) is 4.98 Å². The number of imidazole rings is 1.